The smallest absolute Gasteiger partial charge is 0.302 e. The van der Waals surface area contributed by atoms with E-state index in [9.17, 15) is 4.79 Å². The van der Waals surface area contributed by atoms with Crippen LogP contribution in [0.25, 0.3) is 27.8 Å². The van der Waals surface area contributed by atoms with Gasteiger partial charge in [-0.15, -0.1) is 0 Å². The lowest BCUT2D eigenvalue weighted by atomic mass is 10.2. The van der Waals surface area contributed by atoms with E-state index in [-0.39, 0.29) is 5.56 Å². The molecule has 4 nitrogen and oxygen atoms in total. The third-order valence-electron chi connectivity index (χ3n) is 4.93. The molecule has 0 N–H and O–H groups in total. The van der Waals surface area contributed by atoms with Gasteiger partial charge in [0, 0.05) is 11.1 Å². The van der Waals surface area contributed by atoms with Crippen LogP contribution in [0.2, 0.25) is 0 Å². The lowest BCUT2D eigenvalue weighted by molar-refractivity contribution is 0.649. The van der Waals surface area contributed by atoms with E-state index < -0.39 is 0 Å². The number of furan rings is 1. The molecule has 5 rings (SSSR count). The summed E-state index contributed by atoms with van der Waals surface area (Å²) in [5.41, 5.74) is 4.41. The largest absolute Gasteiger partial charge is 0.448 e. The zero-order valence-corrected chi connectivity index (χ0v) is 16.6. The second-order valence-electron chi connectivity index (χ2n) is 6.87. The van der Waals surface area contributed by atoms with Crippen molar-refractivity contribution in [2.45, 2.75) is 17.8 Å². The van der Waals surface area contributed by atoms with Gasteiger partial charge in [-0.25, -0.2) is 4.98 Å². The lowest BCUT2D eigenvalue weighted by Gasteiger charge is -2.13. The molecule has 2 heterocycles. The van der Waals surface area contributed by atoms with Gasteiger partial charge in [-0.3, -0.25) is 9.36 Å². The van der Waals surface area contributed by atoms with Gasteiger partial charge < -0.3 is 4.42 Å². The van der Waals surface area contributed by atoms with E-state index in [2.05, 4.69) is 12.1 Å². The maximum atomic E-state index is 13.5. The fraction of sp³-hybridized carbons (Fsp3) is 0.0833. The van der Waals surface area contributed by atoms with Crippen molar-refractivity contribution in [2.24, 2.45) is 0 Å². The van der Waals surface area contributed by atoms with Crippen LogP contribution in [0.1, 0.15) is 11.1 Å². The predicted octanol–water partition coefficient (Wildman–Crippen LogP) is 5.73. The number of nitrogens with zero attached hydrogens (tertiary/aromatic N) is 2. The van der Waals surface area contributed by atoms with E-state index in [0.29, 0.717) is 21.8 Å². The number of fused-ring (bicyclic) bond motifs is 3. The van der Waals surface area contributed by atoms with E-state index in [4.69, 9.17) is 9.40 Å². The Kier molecular flexibility index (Phi) is 4.45. The molecule has 5 heteroatoms. The Hall–Kier alpha value is -3.31. The molecule has 0 spiro atoms. The average Bonchev–Trinajstić information content (AvgIpc) is 3.13. The Morgan fingerprint density at radius 1 is 0.931 bits per heavy atom. The van der Waals surface area contributed by atoms with Gasteiger partial charge in [-0.2, -0.15) is 0 Å². The minimum atomic E-state index is -0.184. The molecule has 3 aromatic carbocycles. The second-order valence-corrected chi connectivity index (χ2v) is 7.81. The Labute approximate surface area is 171 Å². The molecule has 0 saturated heterocycles. The first kappa shape index (κ1) is 17.8. The maximum absolute atomic E-state index is 13.5. The molecule has 0 aliphatic carbocycles. The SMILES string of the molecule is Cc1ccccc1-n1c(SCc2ccccc2)nc2c(oc3ccccc32)c1=O. The zero-order chi connectivity index (χ0) is 19.8. The number of para-hydroxylation sites is 2. The van der Waals surface area contributed by atoms with Crippen molar-refractivity contribution in [1.29, 1.82) is 0 Å². The first-order valence-corrected chi connectivity index (χ1v) is 10.4. The van der Waals surface area contributed by atoms with Crippen LogP contribution in [-0.2, 0) is 5.75 Å². The molecule has 0 unspecified atom stereocenters. The molecule has 0 atom stereocenters. The molecule has 2 aromatic heterocycles. The predicted molar refractivity (Wildman–Crippen MR) is 118 cm³/mol. The first-order valence-electron chi connectivity index (χ1n) is 9.39. The summed E-state index contributed by atoms with van der Waals surface area (Å²) in [6, 6.07) is 25.7. The molecule has 0 aliphatic rings. The molecule has 29 heavy (non-hydrogen) atoms. The van der Waals surface area contributed by atoms with E-state index in [1.54, 1.807) is 16.3 Å². The number of hydrogen-bond donors (Lipinski definition) is 0. The Morgan fingerprint density at radius 3 is 2.48 bits per heavy atom. The van der Waals surface area contributed by atoms with Crippen molar-refractivity contribution in [3.05, 3.63) is 100 Å². The van der Waals surface area contributed by atoms with Gasteiger partial charge >= 0.3 is 5.56 Å². The molecule has 0 aliphatic heterocycles. The minimum Gasteiger partial charge on any atom is -0.448 e. The summed E-state index contributed by atoms with van der Waals surface area (Å²) in [6.07, 6.45) is 0. The van der Waals surface area contributed by atoms with Crippen molar-refractivity contribution in [3.63, 3.8) is 0 Å². The van der Waals surface area contributed by atoms with Crippen LogP contribution in [-0.4, -0.2) is 9.55 Å². The fourth-order valence-corrected chi connectivity index (χ4v) is 4.42. The Morgan fingerprint density at radius 2 is 1.66 bits per heavy atom. The van der Waals surface area contributed by atoms with E-state index in [1.807, 2.05) is 73.7 Å². The van der Waals surface area contributed by atoms with Crippen molar-refractivity contribution >= 4 is 33.8 Å². The molecule has 0 saturated carbocycles. The van der Waals surface area contributed by atoms with Crippen molar-refractivity contribution in [3.8, 4) is 5.69 Å². The number of aryl methyl sites for hydroxylation is 1. The van der Waals surface area contributed by atoms with Gasteiger partial charge in [0.05, 0.1) is 5.69 Å². The first-order chi connectivity index (χ1) is 14.2. The van der Waals surface area contributed by atoms with Crippen molar-refractivity contribution < 1.29 is 4.42 Å². The molecule has 0 radical (unpaired) electrons. The summed E-state index contributed by atoms with van der Waals surface area (Å²) < 4.78 is 7.57. The van der Waals surface area contributed by atoms with Gasteiger partial charge in [-0.1, -0.05) is 72.4 Å². The topological polar surface area (TPSA) is 48.0 Å². The van der Waals surface area contributed by atoms with Crippen LogP contribution in [0.5, 0.6) is 0 Å². The molecule has 0 bridgehead atoms. The molecule has 0 amide bonds. The van der Waals surface area contributed by atoms with Gasteiger partial charge in [-0.05, 0) is 36.2 Å². The van der Waals surface area contributed by atoms with Gasteiger partial charge in [0.1, 0.15) is 11.1 Å². The third-order valence-corrected chi connectivity index (χ3v) is 5.94. The summed E-state index contributed by atoms with van der Waals surface area (Å²) in [5.74, 6) is 0.723. The standard InChI is InChI=1S/C24H18N2O2S/c1-16-9-5-7-13-19(16)26-23(27)22-21(18-12-6-8-14-20(18)28-22)25-24(26)29-15-17-10-3-2-4-11-17/h2-14H,15H2,1H3. The number of rotatable bonds is 4. The quantitative estimate of drug-likeness (QED) is 0.286. The van der Waals surface area contributed by atoms with Gasteiger partial charge in [0.2, 0.25) is 5.58 Å². The van der Waals surface area contributed by atoms with Crippen LogP contribution >= 0.6 is 11.8 Å². The summed E-state index contributed by atoms with van der Waals surface area (Å²) in [4.78, 5) is 18.4. The minimum absolute atomic E-state index is 0.184. The summed E-state index contributed by atoms with van der Waals surface area (Å²) in [7, 11) is 0. The summed E-state index contributed by atoms with van der Waals surface area (Å²) >= 11 is 1.55. The molecular formula is C24H18N2O2S. The highest BCUT2D eigenvalue weighted by atomic mass is 32.2. The molecular weight excluding hydrogens is 380 g/mol. The summed E-state index contributed by atoms with van der Waals surface area (Å²) in [5, 5.41) is 1.52. The van der Waals surface area contributed by atoms with Crippen LogP contribution < -0.4 is 5.56 Å². The van der Waals surface area contributed by atoms with E-state index in [0.717, 1.165) is 22.4 Å². The number of benzene rings is 3. The number of hydrogen-bond acceptors (Lipinski definition) is 4. The number of aromatic nitrogens is 2. The van der Waals surface area contributed by atoms with Crippen LogP contribution in [0.4, 0.5) is 0 Å². The Bertz CT molecular complexity index is 1390. The van der Waals surface area contributed by atoms with Crippen LogP contribution in [0.15, 0.2) is 93.2 Å². The maximum Gasteiger partial charge on any atom is 0.302 e. The summed E-state index contributed by atoms with van der Waals surface area (Å²) in [6.45, 7) is 2.00. The van der Waals surface area contributed by atoms with Crippen molar-refractivity contribution in [1.82, 2.24) is 9.55 Å². The Balaban J connectivity index is 1.75. The fourth-order valence-electron chi connectivity index (χ4n) is 3.47. The molecule has 142 valence electrons. The van der Waals surface area contributed by atoms with Crippen LogP contribution in [0.3, 0.4) is 0 Å². The highest BCUT2D eigenvalue weighted by Gasteiger charge is 2.19. The normalized spacial score (nSPS) is 11.3. The third kappa shape index (κ3) is 3.13. The zero-order valence-electron chi connectivity index (χ0n) is 15.8. The van der Waals surface area contributed by atoms with Crippen molar-refractivity contribution in [2.75, 3.05) is 0 Å². The average molecular weight is 398 g/mol. The monoisotopic (exact) mass is 398 g/mol. The van der Waals surface area contributed by atoms with Gasteiger partial charge in [0.25, 0.3) is 0 Å². The second kappa shape index (κ2) is 7.26. The molecule has 0 fully saturated rings. The van der Waals surface area contributed by atoms with Gasteiger partial charge in [0.15, 0.2) is 5.16 Å². The van der Waals surface area contributed by atoms with E-state index in [1.165, 1.54) is 5.56 Å². The van der Waals surface area contributed by atoms with Crippen LogP contribution in [0, 0.1) is 6.92 Å². The van der Waals surface area contributed by atoms with E-state index >= 15 is 0 Å². The highest BCUT2D eigenvalue weighted by Crippen LogP contribution is 2.30. The lowest BCUT2D eigenvalue weighted by Crippen LogP contribution is -2.22. The molecule has 5 aromatic rings. The number of thioether (sulfide) groups is 1. The highest BCUT2D eigenvalue weighted by molar-refractivity contribution is 7.98.